The summed E-state index contributed by atoms with van der Waals surface area (Å²) in [4.78, 5) is 36.6. The Morgan fingerprint density at radius 1 is 1.05 bits per heavy atom. The van der Waals surface area contributed by atoms with E-state index in [0.717, 1.165) is 35.9 Å². The molecule has 0 aliphatic rings. The molecule has 0 radical (unpaired) electrons. The fraction of sp³-hybridized carbons (Fsp3) is 0.357. The Kier molecular flexibility index (Phi) is 10.1. The minimum atomic E-state index is -0.456. The molecule has 0 saturated carbocycles. The standard InChI is InChI=1S/C28H32N4O5/c1-5-20-11-10-12-21(15-20)31-27-22-16-25(24(35-4)17-23(22)29-18-30-27)36-14-9-7-6-8-13-26(33)32-37-28(34)19(2)3/h1,10-12,15-19H,6-9,13-14H2,2-4H3,(H,32,33)(H,29,30,31). The Balaban J connectivity index is 1.52. The number of benzene rings is 2. The van der Waals surface area contributed by atoms with E-state index >= 15 is 0 Å². The number of carbonyl (C=O) groups excluding carboxylic acids is 2. The number of rotatable bonds is 12. The number of terminal acetylenes is 1. The fourth-order valence-corrected chi connectivity index (χ4v) is 3.46. The zero-order valence-electron chi connectivity index (χ0n) is 21.4. The number of fused-ring (bicyclic) bond motifs is 1. The van der Waals surface area contributed by atoms with Gasteiger partial charge in [-0.15, -0.1) is 6.42 Å². The second kappa shape index (κ2) is 13.7. The molecule has 0 saturated heterocycles. The molecule has 1 amide bonds. The van der Waals surface area contributed by atoms with Gasteiger partial charge in [0.1, 0.15) is 12.1 Å². The number of hydroxylamine groups is 1. The molecule has 0 atom stereocenters. The monoisotopic (exact) mass is 504 g/mol. The van der Waals surface area contributed by atoms with Crippen molar-refractivity contribution in [2.24, 2.45) is 5.92 Å². The lowest BCUT2D eigenvalue weighted by atomic mass is 10.1. The average Bonchev–Trinajstić information content (AvgIpc) is 2.91. The molecule has 37 heavy (non-hydrogen) atoms. The van der Waals surface area contributed by atoms with Gasteiger partial charge in [-0.2, -0.15) is 5.48 Å². The Morgan fingerprint density at radius 2 is 1.86 bits per heavy atom. The first-order chi connectivity index (χ1) is 17.9. The Labute approximate surface area is 216 Å². The van der Waals surface area contributed by atoms with Gasteiger partial charge in [0.05, 0.1) is 25.2 Å². The zero-order valence-corrected chi connectivity index (χ0v) is 21.4. The number of nitrogens with zero attached hydrogens (tertiary/aromatic N) is 2. The van der Waals surface area contributed by atoms with Gasteiger partial charge in [0.25, 0.3) is 5.91 Å². The Bertz CT molecular complexity index is 1270. The van der Waals surface area contributed by atoms with Crippen LogP contribution in [0.2, 0.25) is 0 Å². The number of hydrogen-bond donors (Lipinski definition) is 2. The number of anilines is 2. The summed E-state index contributed by atoms with van der Waals surface area (Å²) in [6.07, 6.45) is 10.5. The maximum atomic E-state index is 11.7. The van der Waals surface area contributed by atoms with Crippen molar-refractivity contribution in [3.63, 3.8) is 0 Å². The van der Waals surface area contributed by atoms with Crippen molar-refractivity contribution in [3.05, 3.63) is 48.3 Å². The molecule has 3 rings (SSSR count). The van der Waals surface area contributed by atoms with Gasteiger partial charge in [-0.3, -0.25) is 4.79 Å². The topological polar surface area (TPSA) is 112 Å². The summed E-state index contributed by atoms with van der Waals surface area (Å²) in [6.45, 7) is 3.89. The number of amides is 1. The van der Waals surface area contributed by atoms with E-state index in [-0.39, 0.29) is 11.8 Å². The highest BCUT2D eigenvalue weighted by molar-refractivity contribution is 5.93. The van der Waals surface area contributed by atoms with Gasteiger partial charge in [0.15, 0.2) is 11.5 Å². The largest absolute Gasteiger partial charge is 0.493 e. The smallest absolute Gasteiger partial charge is 0.334 e. The molecule has 9 heteroatoms. The highest BCUT2D eigenvalue weighted by Crippen LogP contribution is 2.35. The molecule has 9 nitrogen and oxygen atoms in total. The summed E-state index contributed by atoms with van der Waals surface area (Å²) >= 11 is 0. The van der Waals surface area contributed by atoms with E-state index in [9.17, 15) is 9.59 Å². The predicted molar refractivity (Wildman–Crippen MR) is 141 cm³/mol. The molecule has 1 heterocycles. The molecule has 3 aromatic rings. The third-order valence-corrected chi connectivity index (χ3v) is 5.51. The van der Waals surface area contributed by atoms with Crippen LogP contribution in [0.5, 0.6) is 11.5 Å². The molecule has 2 aromatic carbocycles. The van der Waals surface area contributed by atoms with Crippen LogP contribution in [0.4, 0.5) is 11.5 Å². The minimum Gasteiger partial charge on any atom is -0.493 e. The number of ether oxygens (including phenoxy) is 2. The first-order valence-corrected chi connectivity index (χ1v) is 12.2. The van der Waals surface area contributed by atoms with E-state index < -0.39 is 5.97 Å². The van der Waals surface area contributed by atoms with Gasteiger partial charge in [0.2, 0.25) is 0 Å². The summed E-state index contributed by atoms with van der Waals surface area (Å²) in [6, 6.07) is 11.2. The number of methoxy groups -OCH3 is 1. The van der Waals surface area contributed by atoms with E-state index in [0.29, 0.717) is 42.3 Å². The number of nitrogens with one attached hydrogen (secondary N) is 2. The Hall–Kier alpha value is -4.32. The number of aromatic nitrogens is 2. The molecule has 0 unspecified atom stereocenters. The maximum Gasteiger partial charge on any atom is 0.334 e. The molecule has 0 aliphatic carbocycles. The lowest BCUT2D eigenvalue weighted by Crippen LogP contribution is -2.28. The van der Waals surface area contributed by atoms with E-state index in [2.05, 4.69) is 26.7 Å². The normalized spacial score (nSPS) is 10.6. The average molecular weight is 505 g/mol. The lowest BCUT2D eigenvalue weighted by Gasteiger charge is -2.14. The van der Waals surface area contributed by atoms with Gasteiger partial charge >= 0.3 is 5.97 Å². The number of carbonyl (C=O) groups is 2. The van der Waals surface area contributed by atoms with Crippen LogP contribution in [0.3, 0.4) is 0 Å². The van der Waals surface area contributed by atoms with E-state index in [1.165, 1.54) is 6.33 Å². The van der Waals surface area contributed by atoms with Crippen LogP contribution in [-0.4, -0.2) is 35.6 Å². The Morgan fingerprint density at radius 3 is 2.62 bits per heavy atom. The van der Waals surface area contributed by atoms with E-state index in [1.54, 1.807) is 21.0 Å². The molecule has 1 aromatic heterocycles. The van der Waals surface area contributed by atoms with Crippen LogP contribution < -0.4 is 20.3 Å². The predicted octanol–water partition coefficient (Wildman–Crippen LogP) is 4.92. The summed E-state index contributed by atoms with van der Waals surface area (Å²) in [7, 11) is 1.59. The van der Waals surface area contributed by atoms with Crippen LogP contribution in [0.25, 0.3) is 10.9 Å². The third kappa shape index (κ3) is 8.10. The quantitative estimate of drug-likeness (QED) is 0.203. The van der Waals surface area contributed by atoms with Crippen molar-refractivity contribution < 1.29 is 23.9 Å². The van der Waals surface area contributed by atoms with Gasteiger partial charge in [0, 0.05) is 29.1 Å². The van der Waals surface area contributed by atoms with Crippen molar-refractivity contribution in [3.8, 4) is 23.8 Å². The molecular formula is C28H32N4O5. The summed E-state index contributed by atoms with van der Waals surface area (Å²) < 4.78 is 11.5. The molecule has 2 N–H and O–H groups in total. The van der Waals surface area contributed by atoms with Crippen LogP contribution >= 0.6 is 0 Å². The van der Waals surface area contributed by atoms with Crippen LogP contribution in [-0.2, 0) is 14.4 Å². The van der Waals surface area contributed by atoms with Crippen molar-refractivity contribution in [2.45, 2.75) is 46.0 Å². The maximum absolute atomic E-state index is 11.7. The van der Waals surface area contributed by atoms with Gasteiger partial charge in [-0.1, -0.05) is 38.7 Å². The fourth-order valence-electron chi connectivity index (χ4n) is 3.46. The van der Waals surface area contributed by atoms with Crippen LogP contribution in [0.15, 0.2) is 42.7 Å². The molecule has 194 valence electrons. The molecular weight excluding hydrogens is 472 g/mol. The minimum absolute atomic E-state index is 0.289. The lowest BCUT2D eigenvalue weighted by molar-refractivity contribution is -0.161. The van der Waals surface area contributed by atoms with E-state index in [1.807, 2.05) is 36.4 Å². The number of unbranched alkanes of at least 4 members (excludes halogenated alkanes) is 3. The van der Waals surface area contributed by atoms with Crippen LogP contribution in [0, 0.1) is 18.3 Å². The summed E-state index contributed by atoms with van der Waals surface area (Å²) in [5.41, 5.74) is 4.49. The zero-order chi connectivity index (χ0) is 26.6. The molecule has 0 fully saturated rings. The van der Waals surface area contributed by atoms with Crippen molar-refractivity contribution in [1.82, 2.24) is 15.4 Å². The van der Waals surface area contributed by atoms with E-state index in [4.69, 9.17) is 20.7 Å². The highest BCUT2D eigenvalue weighted by atomic mass is 16.7. The van der Waals surface area contributed by atoms with Gasteiger partial charge in [-0.25, -0.2) is 14.8 Å². The molecule has 0 aliphatic heterocycles. The van der Waals surface area contributed by atoms with Gasteiger partial charge < -0.3 is 19.6 Å². The molecule has 0 spiro atoms. The van der Waals surface area contributed by atoms with Crippen molar-refractivity contribution in [2.75, 3.05) is 19.0 Å². The third-order valence-electron chi connectivity index (χ3n) is 5.51. The summed E-state index contributed by atoms with van der Waals surface area (Å²) in [5, 5.41) is 4.09. The second-order valence-corrected chi connectivity index (χ2v) is 8.71. The molecule has 0 bridgehead atoms. The van der Waals surface area contributed by atoms with Crippen LogP contribution in [0.1, 0.15) is 51.5 Å². The second-order valence-electron chi connectivity index (χ2n) is 8.71. The number of hydrogen-bond acceptors (Lipinski definition) is 8. The van der Waals surface area contributed by atoms with Crippen molar-refractivity contribution >= 4 is 34.3 Å². The van der Waals surface area contributed by atoms with Gasteiger partial charge in [-0.05, 0) is 37.1 Å². The first kappa shape index (κ1) is 27.3. The highest BCUT2D eigenvalue weighted by Gasteiger charge is 2.13. The summed E-state index contributed by atoms with van der Waals surface area (Å²) in [5.74, 6) is 3.39. The SMILES string of the molecule is C#Cc1cccc(Nc2ncnc3cc(OC)c(OCCCCCCC(=O)NOC(=O)C(C)C)cc23)c1. The first-order valence-electron chi connectivity index (χ1n) is 12.2. The van der Waals surface area contributed by atoms with Crippen molar-refractivity contribution in [1.29, 1.82) is 0 Å².